The highest BCUT2D eigenvalue weighted by atomic mass is 127. The van der Waals surface area contributed by atoms with Crippen molar-refractivity contribution in [2.45, 2.75) is 29.7 Å². The Morgan fingerprint density at radius 2 is 2.00 bits per heavy atom. The van der Waals surface area contributed by atoms with Crippen LogP contribution in [0.3, 0.4) is 0 Å². The molecule has 1 heterocycles. The van der Waals surface area contributed by atoms with Crippen LogP contribution in [-0.4, -0.2) is 26.4 Å². The van der Waals surface area contributed by atoms with Crippen molar-refractivity contribution in [3.05, 3.63) is 29.8 Å². The first-order valence-electron chi connectivity index (χ1n) is 6.43. The lowest BCUT2D eigenvalue weighted by Crippen LogP contribution is -2.34. The first kappa shape index (κ1) is 15.8. The number of alkyl halides is 1. The Morgan fingerprint density at radius 3 is 2.63 bits per heavy atom. The number of hydrogen-bond acceptors (Lipinski definition) is 3. The molecule has 0 radical (unpaired) electrons. The molecule has 0 amide bonds. The predicted octanol–water partition coefficient (Wildman–Crippen LogP) is 4.78. The molecular weight excluding hydrogens is 435 g/mol. The third-order valence-electron chi connectivity index (χ3n) is 3.10. The van der Waals surface area contributed by atoms with Crippen LogP contribution in [0.2, 0.25) is 25.7 Å². The number of fused-ring (bicyclic) bond motifs is 1. The molecule has 106 valence electrons. The summed E-state index contributed by atoms with van der Waals surface area (Å²) < 4.78 is 8.19. The molecule has 19 heavy (non-hydrogen) atoms. The lowest BCUT2D eigenvalue weighted by Gasteiger charge is -2.26. The van der Waals surface area contributed by atoms with Gasteiger partial charge in [0.2, 0.25) is 0 Å². The topological polar surface area (TPSA) is 15.7 Å². The first-order chi connectivity index (χ1) is 8.90. The third kappa shape index (κ3) is 3.93. The maximum atomic E-state index is 5.85. The summed E-state index contributed by atoms with van der Waals surface area (Å²) in [6.07, 6.45) is 0. The smallest absolute Gasteiger partial charge is 0.119 e. The van der Waals surface area contributed by atoms with E-state index in [0.717, 1.165) is 6.61 Å². The predicted molar refractivity (Wildman–Crippen MR) is 95.4 cm³/mol. The van der Waals surface area contributed by atoms with Gasteiger partial charge in [-0.1, -0.05) is 60.4 Å². The maximum Gasteiger partial charge on any atom is 0.119 e. The number of benzene rings is 1. The molecule has 1 aromatic rings. The molecule has 0 spiro atoms. The zero-order valence-electron chi connectivity index (χ0n) is 11.6. The zero-order chi connectivity index (χ0) is 14.0. The van der Waals surface area contributed by atoms with Gasteiger partial charge in [-0.3, -0.25) is 0 Å². The van der Waals surface area contributed by atoms with Gasteiger partial charge >= 0.3 is 0 Å². The number of anilines is 1. The van der Waals surface area contributed by atoms with Gasteiger partial charge in [0.05, 0.1) is 21.8 Å². The van der Waals surface area contributed by atoms with Crippen molar-refractivity contribution in [3.8, 4) is 0 Å². The zero-order valence-corrected chi connectivity index (χ0v) is 16.3. The number of nitrogens with zero attached hydrogens (tertiary/aromatic N) is 2. The van der Waals surface area contributed by atoms with Crippen LogP contribution >= 0.6 is 38.7 Å². The van der Waals surface area contributed by atoms with Crippen LogP contribution < -0.4 is 4.03 Å². The third-order valence-corrected chi connectivity index (χ3v) is 6.91. The number of ether oxygens (including phenoxy) is 1. The summed E-state index contributed by atoms with van der Waals surface area (Å²) in [5.74, 6) is 0. The van der Waals surface area contributed by atoms with Crippen LogP contribution in [0.4, 0.5) is 5.69 Å². The van der Waals surface area contributed by atoms with Crippen molar-refractivity contribution in [2.75, 3.05) is 17.4 Å². The summed E-state index contributed by atoms with van der Waals surface area (Å²) >= 11 is 6.07. The van der Waals surface area contributed by atoms with Crippen LogP contribution in [0.1, 0.15) is 9.61 Å². The first-order valence-corrected chi connectivity index (χ1v) is 12.1. The van der Waals surface area contributed by atoms with Crippen molar-refractivity contribution in [1.29, 1.82) is 0 Å². The summed E-state index contributed by atoms with van der Waals surface area (Å²) in [6.45, 7) is 8.60. The van der Waals surface area contributed by atoms with E-state index < -0.39 is 8.07 Å². The normalized spacial score (nSPS) is 19.8. The van der Waals surface area contributed by atoms with Gasteiger partial charge in [-0.2, -0.15) is 5.01 Å². The second-order valence-electron chi connectivity index (χ2n) is 5.94. The quantitative estimate of drug-likeness (QED) is 0.159. The van der Waals surface area contributed by atoms with Gasteiger partial charge in [-0.25, -0.2) is 4.03 Å². The summed E-state index contributed by atoms with van der Waals surface area (Å²) in [5, 5.41) is 2.19. The minimum absolute atomic E-state index is 0.319. The molecule has 0 aromatic heterocycles. The van der Waals surface area contributed by atoms with E-state index in [2.05, 4.69) is 87.7 Å². The molecular formula is C13H20BrIN2OSi. The Kier molecular flexibility index (Phi) is 5.32. The van der Waals surface area contributed by atoms with Crippen molar-refractivity contribution < 1.29 is 4.74 Å². The van der Waals surface area contributed by atoms with E-state index in [1.807, 2.05) is 4.03 Å². The van der Waals surface area contributed by atoms with Gasteiger partial charge in [0, 0.05) is 20.2 Å². The van der Waals surface area contributed by atoms with Crippen LogP contribution in [0.5, 0.6) is 0 Å². The van der Waals surface area contributed by atoms with E-state index in [4.69, 9.17) is 4.74 Å². The fourth-order valence-corrected chi connectivity index (χ4v) is 4.53. The molecule has 2 rings (SSSR count). The highest BCUT2D eigenvalue weighted by Crippen LogP contribution is 2.44. The average molecular weight is 455 g/mol. The molecule has 1 aliphatic rings. The van der Waals surface area contributed by atoms with E-state index in [0.29, 0.717) is 10.8 Å². The van der Waals surface area contributed by atoms with E-state index in [1.54, 1.807) is 0 Å². The van der Waals surface area contributed by atoms with Gasteiger partial charge in [-0.15, -0.1) is 0 Å². The highest BCUT2D eigenvalue weighted by molar-refractivity contribution is 14.1. The molecule has 1 atom stereocenters. The summed E-state index contributed by atoms with van der Waals surface area (Å²) in [4.78, 5) is 0. The lowest BCUT2D eigenvalue weighted by molar-refractivity contribution is 0.0430. The van der Waals surface area contributed by atoms with Crippen LogP contribution in [0.15, 0.2) is 24.3 Å². The monoisotopic (exact) mass is 454 g/mol. The molecule has 0 saturated carbocycles. The minimum atomic E-state index is -1.00. The number of para-hydroxylation sites is 1. The number of hydrazine groups is 1. The van der Waals surface area contributed by atoms with Crippen LogP contribution in [0.25, 0.3) is 0 Å². The van der Waals surface area contributed by atoms with Crippen molar-refractivity contribution in [2.24, 2.45) is 0 Å². The summed E-state index contributed by atoms with van der Waals surface area (Å²) in [7, 11) is -1.00. The fraction of sp³-hybridized carbons (Fsp3) is 0.538. The molecule has 6 heteroatoms. The Balaban J connectivity index is 1.90. The lowest BCUT2D eigenvalue weighted by atomic mass is 10.2. The SMILES string of the molecule is C[Si](C)(C)CCOCN1C(I)c2ccccc2N1Br. The van der Waals surface area contributed by atoms with Gasteiger partial charge in [0.25, 0.3) is 0 Å². The van der Waals surface area contributed by atoms with Crippen LogP contribution in [0, 0.1) is 0 Å². The molecule has 0 bridgehead atoms. The van der Waals surface area contributed by atoms with Gasteiger partial charge in [0.1, 0.15) is 10.8 Å². The maximum absolute atomic E-state index is 5.85. The molecule has 1 unspecified atom stereocenters. The summed E-state index contributed by atoms with van der Waals surface area (Å²) in [5.41, 5.74) is 2.53. The number of hydrogen-bond donors (Lipinski definition) is 0. The Bertz CT molecular complexity index is 412. The Labute approximate surface area is 138 Å². The van der Waals surface area contributed by atoms with E-state index in [9.17, 15) is 0 Å². The van der Waals surface area contributed by atoms with E-state index in [1.165, 1.54) is 17.3 Å². The molecule has 0 fully saturated rings. The number of halogens is 2. The second kappa shape index (κ2) is 6.42. The second-order valence-corrected chi connectivity index (χ2v) is 13.4. The van der Waals surface area contributed by atoms with Crippen molar-refractivity contribution in [1.82, 2.24) is 5.01 Å². The fourth-order valence-electron chi connectivity index (χ4n) is 1.90. The Morgan fingerprint density at radius 1 is 1.32 bits per heavy atom. The standard InChI is InChI=1S/C13H20BrIN2OSi/c1-19(2,3)9-8-18-10-16-13(15)11-6-4-5-7-12(11)17(16)14/h4-7,13H,8-10H2,1-3H3. The molecule has 3 nitrogen and oxygen atoms in total. The largest absolute Gasteiger partial charge is 0.365 e. The van der Waals surface area contributed by atoms with E-state index >= 15 is 0 Å². The summed E-state index contributed by atoms with van der Waals surface area (Å²) in [6, 6.07) is 9.65. The molecule has 0 aliphatic carbocycles. The van der Waals surface area contributed by atoms with Crippen molar-refractivity contribution in [3.63, 3.8) is 0 Å². The molecule has 0 N–H and O–H groups in total. The van der Waals surface area contributed by atoms with Crippen LogP contribution in [-0.2, 0) is 4.74 Å². The number of rotatable bonds is 5. The molecule has 1 aliphatic heterocycles. The minimum Gasteiger partial charge on any atom is -0.365 e. The molecule has 0 saturated heterocycles. The van der Waals surface area contributed by atoms with Gasteiger partial charge < -0.3 is 4.74 Å². The van der Waals surface area contributed by atoms with E-state index in [-0.39, 0.29) is 0 Å². The average Bonchev–Trinajstić information content (AvgIpc) is 2.58. The van der Waals surface area contributed by atoms with Gasteiger partial charge in [0.15, 0.2) is 0 Å². The Hall–Kier alpha value is 0.367. The molecule has 1 aromatic carbocycles. The van der Waals surface area contributed by atoms with Crippen molar-refractivity contribution >= 4 is 52.5 Å². The van der Waals surface area contributed by atoms with Gasteiger partial charge in [-0.05, 0) is 12.1 Å². The highest BCUT2D eigenvalue weighted by Gasteiger charge is 2.33.